The summed E-state index contributed by atoms with van der Waals surface area (Å²) in [5.41, 5.74) is 10.7. The number of thiocarbonyl (C=S) groups is 1. The molecule has 2 aromatic carbocycles. The first-order valence-corrected chi connectivity index (χ1v) is 7.27. The van der Waals surface area contributed by atoms with E-state index in [-0.39, 0.29) is 0 Å². The Labute approximate surface area is 124 Å². The van der Waals surface area contributed by atoms with Crippen molar-refractivity contribution in [3.8, 4) is 5.75 Å². The van der Waals surface area contributed by atoms with E-state index in [9.17, 15) is 0 Å². The molecule has 1 aliphatic rings. The molecule has 0 heterocycles. The highest BCUT2D eigenvalue weighted by Crippen LogP contribution is 2.24. The summed E-state index contributed by atoms with van der Waals surface area (Å²) in [6.45, 7) is 0.549. The molecule has 0 amide bonds. The smallest absolute Gasteiger partial charge is 0.129 e. The van der Waals surface area contributed by atoms with Crippen molar-refractivity contribution in [1.29, 1.82) is 0 Å². The van der Waals surface area contributed by atoms with Crippen molar-refractivity contribution in [2.45, 2.75) is 25.9 Å². The Morgan fingerprint density at radius 1 is 1.10 bits per heavy atom. The number of ether oxygens (including phenoxy) is 1. The second kappa shape index (κ2) is 5.63. The van der Waals surface area contributed by atoms with Crippen LogP contribution in [0.2, 0.25) is 0 Å². The molecule has 0 saturated heterocycles. The molecule has 0 aromatic heterocycles. The number of benzene rings is 2. The SMILES string of the molecule is NC(=S)c1ccccc1OCc1ccc2c(c1)CCC2. The average Bonchev–Trinajstić information content (AvgIpc) is 2.92. The van der Waals surface area contributed by atoms with Crippen LogP contribution in [0.1, 0.15) is 28.7 Å². The zero-order valence-electron chi connectivity index (χ0n) is 11.3. The van der Waals surface area contributed by atoms with E-state index in [4.69, 9.17) is 22.7 Å². The van der Waals surface area contributed by atoms with Gasteiger partial charge in [-0.3, -0.25) is 0 Å². The molecule has 2 N–H and O–H groups in total. The van der Waals surface area contributed by atoms with Gasteiger partial charge in [-0.25, -0.2) is 0 Å². The van der Waals surface area contributed by atoms with Crippen LogP contribution in [0.4, 0.5) is 0 Å². The molecule has 2 nitrogen and oxygen atoms in total. The number of rotatable bonds is 4. The quantitative estimate of drug-likeness (QED) is 0.874. The highest BCUT2D eigenvalue weighted by Gasteiger charge is 2.11. The molecule has 0 fully saturated rings. The molecule has 0 bridgehead atoms. The van der Waals surface area contributed by atoms with Gasteiger partial charge in [0.25, 0.3) is 0 Å². The zero-order valence-corrected chi connectivity index (χ0v) is 12.1. The molecule has 3 rings (SSSR count). The summed E-state index contributed by atoms with van der Waals surface area (Å²) >= 11 is 5.04. The lowest BCUT2D eigenvalue weighted by Crippen LogP contribution is -2.11. The Morgan fingerprint density at radius 2 is 1.90 bits per heavy atom. The molecule has 1 aliphatic carbocycles. The maximum Gasteiger partial charge on any atom is 0.129 e. The van der Waals surface area contributed by atoms with Crippen LogP contribution in [0.25, 0.3) is 0 Å². The van der Waals surface area contributed by atoms with Crippen molar-refractivity contribution in [3.05, 3.63) is 64.7 Å². The Morgan fingerprint density at radius 3 is 2.75 bits per heavy atom. The van der Waals surface area contributed by atoms with Crippen LogP contribution < -0.4 is 10.5 Å². The molecule has 0 atom stereocenters. The second-order valence-electron chi connectivity index (χ2n) is 5.11. The summed E-state index contributed by atoms with van der Waals surface area (Å²) < 4.78 is 5.88. The molecular weight excluding hydrogens is 266 g/mol. The van der Waals surface area contributed by atoms with Gasteiger partial charge >= 0.3 is 0 Å². The van der Waals surface area contributed by atoms with Crippen LogP contribution in [0.5, 0.6) is 5.75 Å². The highest BCUT2D eigenvalue weighted by atomic mass is 32.1. The summed E-state index contributed by atoms with van der Waals surface area (Å²) in [6.07, 6.45) is 3.66. The number of aryl methyl sites for hydroxylation is 2. The van der Waals surface area contributed by atoms with Crippen LogP contribution in [0, 0.1) is 0 Å². The average molecular weight is 283 g/mol. The monoisotopic (exact) mass is 283 g/mol. The van der Waals surface area contributed by atoms with Crippen molar-refractivity contribution < 1.29 is 4.74 Å². The van der Waals surface area contributed by atoms with Gasteiger partial charge in [0.1, 0.15) is 17.3 Å². The second-order valence-corrected chi connectivity index (χ2v) is 5.55. The largest absolute Gasteiger partial charge is 0.488 e. The predicted octanol–water partition coefficient (Wildman–Crippen LogP) is 3.39. The van der Waals surface area contributed by atoms with E-state index in [1.807, 2.05) is 24.3 Å². The Balaban J connectivity index is 1.75. The molecule has 0 spiro atoms. The van der Waals surface area contributed by atoms with Gasteiger partial charge < -0.3 is 10.5 Å². The van der Waals surface area contributed by atoms with E-state index in [2.05, 4.69) is 18.2 Å². The molecule has 102 valence electrons. The zero-order chi connectivity index (χ0) is 13.9. The Hall–Kier alpha value is -1.87. The van der Waals surface area contributed by atoms with Crippen molar-refractivity contribution in [2.75, 3.05) is 0 Å². The number of fused-ring (bicyclic) bond motifs is 1. The minimum absolute atomic E-state index is 0.370. The minimum Gasteiger partial charge on any atom is -0.488 e. The number of nitrogens with two attached hydrogens (primary N) is 1. The van der Waals surface area contributed by atoms with Crippen molar-refractivity contribution in [2.24, 2.45) is 5.73 Å². The fourth-order valence-electron chi connectivity index (χ4n) is 2.67. The maximum absolute atomic E-state index is 5.88. The van der Waals surface area contributed by atoms with Gasteiger partial charge in [0.15, 0.2) is 0 Å². The van der Waals surface area contributed by atoms with Crippen LogP contribution in [-0.4, -0.2) is 4.99 Å². The molecule has 0 aliphatic heterocycles. The first-order valence-electron chi connectivity index (χ1n) is 6.86. The molecule has 20 heavy (non-hydrogen) atoms. The van der Waals surface area contributed by atoms with Gasteiger partial charge in [-0.15, -0.1) is 0 Å². The molecular formula is C17H17NOS. The normalized spacial score (nSPS) is 13.0. The van der Waals surface area contributed by atoms with Crippen LogP contribution >= 0.6 is 12.2 Å². The fourth-order valence-corrected chi connectivity index (χ4v) is 2.84. The standard InChI is InChI=1S/C17H17NOS/c18-17(20)15-6-1-2-7-16(15)19-11-12-8-9-13-4-3-5-14(13)10-12/h1-2,6-10H,3-5,11H2,(H2,18,20). The van der Waals surface area contributed by atoms with Gasteiger partial charge in [-0.2, -0.15) is 0 Å². The van der Waals surface area contributed by atoms with Gasteiger partial charge in [0.05, 0.1) is 5.56 Å². The summed E-state index contributed by atoms with van der Waals surface area (Å²) in [5.74, 6) is 0.750. The Kier molecular flexibility index (Phi) is 3.70. The van der Waals surface area contributed by atoms with Crippen LogP contribution in [-0.2, 0) is 19.4 Å². The lowest BCUT2D eigenvalue weighted by Gasteiger charge is -2.11. The van der Waals surface area contributed by atoms with Gasteiger partial charge in [-0.05, 0) is 48.1 Å². The summed E-state index contributed by atoms with van der Waals surface area (Å²) in [4.78, 5) is 0.370. The first-order chi connectivity index (χ1) is 9.74. The molecule has 3 heteroatoms. The van der Waals surface area contributed by atoms with Gasteiger partial charge in [0.2, 0.25) is 0 Å². The van der Waals surface area contributed by atoms with E-state index in [0.29, 0.717) is 11.6 Å². The van der Waals surface area contributed by atoms with Crippen molar-refractivity contribution in [3.63, 3.8) is 0 Å². The Bertz CT molecular complexity index is 651. The van der Waals surface area contributed by atoms with Crippen LogP contribution in [0.15, 0.2) is 42.5 Å². The third kappa shape index (κ3) is 2.68. The van der Waals surface area contributed by atoms with E-state index < -0.39 is 0 Å². The lowest BCUT2D eigenvalue weighted by molar-refractivity contribution is 0.305. The lowest BCUT2D eigenvalue weighted by atomic mass is 10.1. The first kappa shape index (κ1) is 13.1. The molecule has 0 radical (unpaired) electrons. The fraction of sp³-hybridized carbons (Fsp3) is 0.235. The molecule has 2 aromatic rings. The highest BCUT2D eigenvalue weighted by molar-refractivity contribution is 7.80. The molecule has 0 unspecified atom stereocenters. The number of hydrogen-bond acceptors (Lipinski definition) is 2. The number of hydrogen-bond donors (Lipinski definition) is 1. The third-order valence-electron chi connectivity index (χ3n) is 3.71. The third-order valence-corrected chi connectivity index (χ3v) is 3.93. The van der Waals surface area contributed by atoms with E-state index >= 15 is 0 Å². The van der Waals surface area contributed by atoms with Gasteiger partial charge in [-0.1, -0.05) is 42.5 Å². The van der Waals surface area contributed by atoms with Crippen molar-refractivity contribution >= 4 is 17.2 Å². The maximum atomic E-state index is 5.88. The van der Waals surface area contributed by atoms with Gasteiger partial charge in [0, 0.05) is 0 Å². The van der Waals surface area contributed by atoms with E-state index in [0.717, 1.165) is 11.3 Å². The predicted molar refractivity (Wildman–Crippen MR) is 85.1 cm³/mol. The topological polar surface area (TPSA) is 35.2 Å². The van der Waals surface area contributed by atoms with E-state index in [1.54, 1.807) is 0 Å². The van der Waals surface area contributed by atoms with Crippen molar-refractivity contribution in [1.82, 2.24) is 0 Å². The van der Waals surface area contributed by atoms with Crippen LogP contribution in [0.3, 0.4) is 0 Å². The minimum atomic E-state index is 0.370. The van der Waals surface area contributed by atoms with E-state index in [1.165, 1.54) is 36.0 Å². The number of para-hydroxylation sites is 1. The molecule has 0 saturated carbocycles. The summed E-state index contributed by atoms with van der Waals surface area (Å²) in [7, 11) is 0. The summed E-state index contributed by atoms with van der Waals surface area (Å²) in [6, 6.07) is 14.3. The summed E-state index contributed by atoms with van der Waals surface area (Å²) in [5, 5.41) is 0.